The first kappa shape index (κ1) is 15.3. The minimum Gasteiger partial charge on any atom is -0.486 e. The minimum atomic E-state index is -0.0308. The number of nitrogens with zero attached hydrogens (tertiary/aromatic N) is 1. The molecule has 0 bridgehead atoms. The molecule has 2 aromatic rings. The van der Waals surface area contributed by atoms with E-state index in [1.165, 1.54) is 0 Å². The largest absolute Gasteiger partial charge is 0.486 e. The molecule has 1 aromatic heterocycles. The number of aromatic nitrogens is 1. The molecular weight excluding hydrogens is 292 g/mol. The average molecular weight is 311 g/mol. The number of ether oxygens (including phenoxy) is 1. The highest BCUT2D eigenvalue weighted by molar-refractivity contribution is 7.09. The lowest BCUT2D eigenvalue weighted by Crippen LogP contribution is -2.05. The molecule has 2 rings (SSSR count). The van der Waals surface area contributed by atoms with E-state index in [2.05, 4.69) is 11.9 Å². The Morgan fingerprint density at radius 1 is 1.45 bits per heavy atom. The number of hydrogen-bond donors (Lipinski definition) is 1. The Labute approximate surface area is 128 Å². The SMILES string of the molecule is CCCc1nc(COc2ccc(C(C)N)cc2Cl)cs1. The average Bonchev–Trinajstić information content (AvgIpc) is 2.85. The van der Waals surface area contributed by atoms with Crippen LogP contribution in [0.15, 0.2) is 23.6 Å². The molecule has 0 aliphatic heterocycles. The standard InChI is InChI=1S/C15H19ClN2OS/c1-3-4-15-18-12(9-20-15)8-19-14-6-5-11(10(2)17)7-13(14)16/h5-7,9-10H,3-4,8,17H2,1-2H3. The van der Waals surface area contributed by atoms with Gasteiger partial charge in [0.25, 0.3) is 0 Å². The summed E-state index contributed by atoms with van der Waals surface area (Å²) in [5.41, 5.74) is 7.77. The van der Waals surface area contributed by atoms with E-state index in [0.29, 0.717) is 17.4 Å². The van der Waals surface area contributed by atoms with Crippen LogP contribution in [0.5, 0.6) is 5.75 Å². The Kier molecular flexibility index (Phi) is 5.40. The van der Waals surface area contributed by atoms with E-state index in [0.717, 1.165) is 29.1 Å². The third kappa shape index (κ3) is 3.95. The smallest absolute Gasteiger partial charge is 0.138 e. The quantitative estimate of drug-likeness (QED) is 0.863. The maximum atomic E-state index is 6.20. The summed E-state index contributed by atoms with van der Waals surface area (Å²) in [6.07, 6.45) is 2.13. The third-order valence-electron chi connectivity index (χ3n) is 2.92. The molecule has 2 N–H and O–H groups in total. The summed E-state index contributed by atoms with van der Waals surface area (Å²) in [6, 6.07) is 5.62. The number of thiazole rings is 1. The lowest BCUT2D eigenvalue weighted by molar-refractivity contribution is 0.302. The van der Waals surface area contributed by atoms with Gasteiger partial charge >= 0.3 is 0 Å². The van der Waals surface area contributed by atoms with Crippen LogP contribution in [-0.2, 0) is 13.0 Å². The minimum absolute atomic E-state index is 0.0308. The molecule has 5 heteroatoms. The maximum Gasteiger partial charge on any atom is 0.138 e. The van der Waals surface area contributed by atoms with Gasteiger partial charge in [0.05, 0.1) is 15.7 Å². The molecular formula is C15H19ClN2OS. The van der Waals surface area contributed by atoms with Gasteiger partial charge in [-0.3, -0.25) is 0 Å². The van der Waals surface area contributed by atoms with Gasteiger partial charge in [-0.25, -0.2) is 4.98 Å². The number of nitrogens with two attached hydrogens (primary N) is 1. The second-order valence-corrected chi connectivity index (χ2v) is 6.10. The van der Waals surface area contributed by atoms with Crippen LogP contribution in [0, 0.1) is 0 Å². The fourth-order valence-electron chi connectivity index (χ4n) is 1.81. The first-order chi connectivity index (χ1) is 9.60. The van der Waals surface area contributed by atoms with Crippen LogP contribution in [-0.4, -0.2) is 4.98 Å². The van der Waals surface area contributed by atoms with Gasteiger partial charge in [0.1, 0.15) is 12.4 Å². The predicted molar refractivity (Wildman–Crippen MR) is 84.5 cm³/mol. The van der Waals surface area contributed by atoms with Crippen LogP contribution in [0.25, 0.3) is 0 Å². The topological polar surface area (TPSA) is 48.1 Å². The molecule has 0 spiro atoms. The van der Waals surface area contributed by atoms with Crippen molar-refractivity contribution in [3.05, 3.63) is 44.9 Å². The number of halogens is 1. The Balaban J connectivity index is 1.99. The highest BCUT2D eigenvalue weighted by atomic mass is 35.5. The molecule has 3 nitrogen and oxygen atoms in total. The predicted octanol–water partition coefficient (Wildman–Crippen LogP) is 4.35. The first-order valence-corrected chi connectivity index (χ1v) is 7.97. The molecule has 0 amide bonds. The monoisotopic (exact) mass is 310 g/mol. The fourth-order valence-corrected chi connectivity index (χ4v) is 2.94. The Morgan fingerprint density at radius 2 is 2.25 bits per heavy atom. The molecule has 20 heavy (non-hydrogen) atoms. The molecule has 0 aliphatic carbocycles. The van der Waals surface area contributed by atoms with Gasteiger partial charge in [0.15, 0.2) is 0 Å². The zero-order valence-electron chi connectivity index (χ0n) is 11.7. The number of benzene rings is 1. The van der Waals surface area contributed by atoms with E-state index < -0.39 is 0 Å². The lowest BCUT2D eigenvalue weighted by Gasteiger charge is -2.10. The summed E-state index contributed by atoms with van der Waals surface area (Å²) in [5.74, 6) is 0.668. The fraction of sp³-hybridized carbons (Fsp3) is 0.400. The van der Waals surface area contributed by atoms with Gasteiger partial charge in [0.2, 0.25) is 0 Å². The van der Waals surface area contributed by atoms with Crippen LogP contribution in [0.2, 0.25) is 5.02 Å². The van der Waals surface area contributed by atoms with Crippen molar-refractivity contribution in [2.45, 2.75) is 39.3 Å². The Hall–Kier alpha value is -1.10. The van der Waals surface area contributed by atoms with E-state index >= 15 is 0 Å². The number of rotatable bonds is 6. The van der Waals surface area contributed by atoms with Crippen LogP contribution in [0.4, 0.5) is 0 Å². The summed E-state index contributed by atoms with van der Waals surface area (Å²) in [4.78, 5) is 4.52. The molecule has 1 heterocycles. The lowest BCUT2D eigenvalue weighted by atomic mass is 10.1. The molecule has 0 saturated heterocycles. The van der Waals surface area contributed by atoms with Gasteiger partial charge in [-0.15, -0.1) is 11.3 Å². The Bertz CT molecular complexity index is 569. The second-order valence-electron chi connectivity index (χ2n) is 4.75. The molecule has 108 valence electrons. The van der Waals surface area contributed by atoms with Crippen molar-refractivity contribution in [3.8, 4) is 5.75 Å². The van der Waals surface area contributed by atoms with Crippen molar-refractivity contribution in [1.82, 2.24) is 4.98 Å². The normalized spacial score (nSPS) is 12.4. The van der Waals surface area contributed by atoms with Crippen molar-refractivity contribution >= 4 is 22.9 Å². The van der Waals surface area contributed by atoms with Gasteiger partial charge < -0.3 is 10.5 Å². The van der Waals surface area contributed by atoms with E-state index in [1.54, 1.807) is 11.3 Å². The molecule has 1 atom stereocenters. The van der Waals surface area contributed by atoms with Crippen LogP contribution in [0.1, 0.15) is 42.6 Å². The van der Waals surface area contributed by atoms with E-state index in [9.17, 15) is 0 Å². The van der Waals surface area contributed by atoms with E-state index in [4.69, 9.17) is 22.1 Å². The van der Waals surface area contributed by atoms with Crippen molar-refractivity contribution in [2.24, 2.45) is 5.73 Å². The highest BCUT2D eigenvalue weighted by Gasteiger charge is 2.07. The second kappa shape index (κ2) is 7.07. The van der Waals surface area contributed by atoms with E-state index in [-0.39, 0.29) is 6.04 Å². The Morgan fingerprint density at radius 3 is 2.90 bits per heavy atom. The van der Waals surface area contributed by atoms with Crippen LogP contribution >= 0.6 is 22.9 Å². The van der Waals surface area contributed by atoms with Crippen molar-refractivity contribution < 1.29 is 4.74 Å². The van der Waals surface area contributed by atoms with Crippen molar-refractivity contribution in [3.63, 3.8) is 0 Å². The summed E-state index contributed by atoms with van der Waals surface area (Å²) in [5, 5.41) is 3.78. The molecule has 0 aliphatic rings. The molecule has 1 aromatic carbocycles. The summed E-state index contributed by atoms with van der Waals surface area (Å²) >= 11 is 7.88. The number of hydrogen-bond acceptors (Lipinski definition) is 4. The van der Waals surface area contributed by atoms with Gasteiger partial charge in [-0.05, 0) is 37.5 Å². The maximum absolute atomic E-state index is 6.20. The van der Waals surface area contributed by atoms with Gasteiger partial charge in [0, 0.05) is 11.4 Å². The summed E-state index contributed by atoms with van der Waals surface area (Å²) in [7, 11) is 0. The zero-order chi connectivity index (χ0) is 14.5. The van der Waals surface area contributed by atoms with Crippen molar-refractivity contribution in [1.29, 1.82) is 0 Å². The molecule has 0 fully saturated rings. The molecule has 0 radical (unpaired) electrons. The zero-order valence-corrected chi connectivity index (χ0v) is 13.3. The van der Waals surface area contributed by atoms with Gasteiger partial charge in [-0.1, -0.05) is 24.6 Å². The highest BCUT2D eigenvalue weighted by Crippen LogP contribution is 2.28. The van der Waals surface area contributed by atoms with Crippen LogP contribution < -0.4 is 10.5 Å². The van der Waals surface area contributed by atoms with Crippen molar-refractivity contribution in [2.75, 3.05) is 0 Å². The summed E-state index contributed by atoms with van der Waals surface area (Å²) in [6.45, 7) is 4.52. The van der Waals surface area contributed by atoms with Crippen LogP contribution in [0.3, 0.4) is 0 Å². The first-order valence-electron chi connectivity index (χ1n) is 6.71. The molecule has 0 saturated carbocycles. The third-order valence-corrected chi connectivity index (χ3v) is 4.17. The van der Waals surface area contributed by atoms with Gasteiger partial charge in [-0.2, -0.15) is 0 Å². The van der Waals surface area contributed by atoms with E-state index in [1.807, 2.05) is 30.5 Å². The number of aryl methyl sites for hydroxylation is 1. The molecule has 1 unspecified atom stereocenters. The summed E-state index contributed by atoms with van der Waals surface area (Å²) < 4.78 is 5.72.